The maximum atomic E-state index is 12.1. The Balaban J connectivity index is 1.66. The van der Waals surface area contributed by atoms with Crippen molar-refractivity contribution in [2.24, 2.45) is 0 Å². The second-order valence-corrected chi connectivity index (χ2v) is 9.42. The van der Waals surface area contributed by atoms with Crippen LogP contribution in [0, 0.1) is 0 Å². The molecule has 1 N–H and O–H groups in total. The van der Waals surface area contributed by atoms with E-state index in [1.165, 1.54) is 10.8 Å². The van der Waals surface area contributed by atoms with E-state index in [9.17, 15) is 5.11 Å². The molecule has 0 spiro atoms. The predicted molar refractivity (Wildman–Crippen MR) is 156 cm³/mol. The number of phenolic OH excluding ortho intramolecular Hbond substituents is 1. The normalized spacial score (nSPS) is 11.5. The fourth-order valence-electron chi connectivity index (χ4n) is 5.75. The first-order valence-corrected chi connectivity index (χ1v) is 12.5. The average Bonchev–Trinajstić information content (AvgIpc) is 2.96. The molecule has 0 heterocycles. The molecule has 0 unspecified atom stereocenters. The van der Waals surface area contributed by atoms with Crippen LogP contribution in [-0.4, -0.2) is 12.2 Å². The highest BCUT2D eigenvalue weighted by Crippen LogP contribution is 2.50. The molecule has 0 saturated carbocycles. The summed E-state index contributed by atoms with van der Waals surface area (Å²) in [6, 6.07) is 41.8. The van der Waals surface area contributed by atoms with Gasteiger partial charge < -0.3 is 9.84 Å². The third-order valence-corrected chi connectivity index (χ3v) is 7.44. The minimum atomic E-state index is 0.258. The highest BCUT2D eigenvalue weighted by atomic mass is 16.5. The van der Waals surface area contributed by atoms with Crippen molar-refractivity contribution in [1.29, 1.82) is 0 Å². The van der Waals surface area contributed by atoms with E-state index in [4.69, 9.17) is 4.74 Å². The molecule has 7 aromatic carbocycles. The van der Waals surface area contributed by atoms with Gasteiger partial charge in [-0.2, -0.15) is 0 Å². The van der Waals surface area contributed by atoms with Gasteiger partial charge in [0, 0.05) is 16.7 Å². The van der Waals surface area contributed by atoms with Crippen molar-refractivity contribution < 1.29 is 9.84 Å². The number of aromatic hydroxyl groups is 1. The van der Waals surface area contributed by atoms with E-state index in [0.717, 1.165) is 60.3 Å². The first-order chi connectivity index (χ1) is 18.2. The molecule has 0 saturated heterocycles. The summed E-state index contributed by atoms with van der Waals surface area (Å²) in [4.78, 5) is 0. The monoisotopic (exact) mass is 476 g/mol. The number of hydrogen-bond donors (Lipinski definition) is 1. The van der Waals surface area contributed by atoms with Gasteiger partial charge in [-0.3, -0.25) is 0 Å². The zero-order valence-electron chi connectivity index (χ0n) is 20.4. The van der Waals surface area contributed by atoms with Crippen molar-refractivity contribution >= 4 is 43.1 Å². The third-order valence-electron chi connectivity index (χ3n) is 7.44. The minimum absolute atomic E-state index is 0.258. The molecule has 7 rings (SSSR count). The van der Waals surface area contributed by atoms with E-state index in [-0.39, 0.29) is 5.75 Å². The van der Waals surface area contributed by atoms with Crippen LogP contribution in [0.15, 0.2) is 121 Å². The van der Waals surface area contributed by atoms with E-state index >= 15 is 0 Å². The summed E-state index contributed by atoms with van der Waals surface area (Å²) in [5.74, 6) is 0.994. The maximum absolute atomic E-state index is 12.1. The lowest BCUT2D eigenvalue weighted by Crippen LogP contribution is -1.94. The second kappa shape index (κ2) is 8.39. The molecule has 0 aliphatic carbocycles. The van der Waals surface area contributed by atoms with E-state index in [1.807, 2.05) is 30.3 Å². The summed E-state index contributed by atoms with van der Waals surface area (Å²) in [7, 11) is 1.69. The number of phenols is 1. The van der Waals surface area contributed by atoms with Gasteiger partial charge in [0.25, 0.3) is 0 Å². The van der Waals surface area contributed by atoms with Crippen LogP contribution in [0.4, 0.5) is 0 Å². The molecule has 0 bridgehead atoms. The van der Waals surface area contributed by atoms with E-state index in [0.29, 0.717) is 0 Å². The Kier molecular flexibility index (Phi) is 4.87. The molecule has 176 valence electrons. The highest BCUT2D eigenvalue weighted by molar-refractivity contribution is 6.17. The van der Waals surface area contributed by atoms with Gasteiger partial charge in [-0.1, -0.05) is 103 Å². The first kappa shape index (κ1) is 21.5. The third kappa shape index (κ3) is 3.26. The smallest absolute Gasteiger partial charge is 0.132 e. The molecule has 0 fully saturated rings. The van der Waals surface area contributed by atoms with Crippen molar-refractivity contribution in [2.75, 3.05) is 7.11 Å². The van der Waals surface area contributed by atoms with Crippen LogP contribution < -0.4 is 4.74 Å². The SMILES string of the molecule is COc1ccc2ccccc2c1-c1c(O)c(-c2cc3ccccc3c3ccccc23)cc2ccccc12. The summed E-state index contributed by atoms with van der Waals surface area (Å²) in [6.45, 7) is 0. The molecular weight excluding hydrogens is 452 g/mol. The van der Waals surface area contributed by atoms with Gasteiger partial charge in [0.1, 0.15) is 11.5 Å². The molecule has 0 amide bonds. The Morgan fingerprint density at radius 3 is 1.68 bits per heavy atom. The Hall–Kier alpha value is -4.82. The lowest BCUT2D eigenvalue weighted by Gasteiger charge is -2.19. The molecular formula is C35H24O2. The van der Waals surface area contributed by atoms with Crippen molar-refractivity contribution in [3.8, 4) is 33.8 Å². The summed E-state index contributed by atoms with van der Waals surface area (Å²) >= 11 is 0. The van der Waals surface area contributed by atoms with Crippen LogP contribution in [0.1, 0.15) is 0 Å². The Bertz CT molecular complexity index is 1980. The molecule has 2 nitrogen and oxygen atoms in total. The summed E-state index contributed by atoms with van der Waals surface area (Å²) < 4.78 is 5.87. The first-order valence-electron chi connectivity index (χ1n) is 12.5. The molecule has 7 aromatic rings. The fourth-order valence-corrected chi connectivity index (χ4v) is 5.75. The van der Waals surface area contributed by atoms with Crippen molar-refractivity contribution in [3.05, 3.63) is 121 Å². The second-order valence-electron chi connectivity index (χ2n) is 9.42. The number of methoxy groups -OCH3 is 1. The van der Waals surface area contributed by atoms with E-state index < -0.39 is 0 Å². The predicted octanol–water partition coefficient (Wildman–Crippen LogP) is 9.35. The van der Waals surface area contributed by atoms with Gasteiger partial charge in [-0.05, 0) is 66.9 Å². The highest BCUT2D eigenvalue weighted by Gasteiger charge is 2.22. The minimum Gasteiger partial charge on any atom is -0.507 e. The molecule has 0 aliphatic heterocycles. The van der Waals surface area contributed by atoms with Crippen LogP contribution in [0.5, 0.6) is 11.5 Å². The van der Waals surface area contributed by atoms with Gasteiger partial charge in [-0.25, -0.2) is 0 Å². The van der Waals surface area contributed by atoms with Gasteiger partial charge in [0.05, 0.1) is 7.11 Å². The quantitative estimate of drug-likeness (QED) is 0.257. The van der Waals surface area contributed by atoms with E-state index in [2.05, 4.69) is 91.0 Å². The number of hydrogen-bond acceptors (Lipinski definition) is 2. The Morgan fingerprint density at radius 1 is 0.459 bits per heavy atom. The molecule has 2 heteroatoms. The van der Waals surface area contributed by atoms with Crippen molar-refractivity contribution in [3.63, 3.8) is 0 Å². The molecule has 37 heavy (non-hydrogen) atoms. The fraction of sp³-hybridized carbons (Fsp3) is 0.0286. The van der Waals surface area contributed by atoms with Crippen LogP contribution >= 0.6 is 0 Å². The van der Waals surface area contributed by atoms with Gasteiger partial charge in [0.2, 0.25) is 0 Å². The van der Waals surface area contributed by atoms with E-state index in [1.54, 1.807) is 7.11 Å². The average molecular weight is 477 g/mol. The molecule has 0 atom stereocenters. The molecule has 0 aliphatic rings. The van der Waals surface area contributed by atoms with Crippen LogP contribution in [0.3, 0.4) is 0 Å². The Morgan fingerprint density at radius 2 is 0.973 bits per heavy atom. The van der Waals surface area contributed by atoms with Crippen LogP contribution in [0.25, 0.3) is 65.3 Å². The van der Waals surface area contributed by atoms with Crippen molar-refractivity contribution in [1.82, 2.24) is 0 Å². The summed E-state index contributed by atoms with van der Waals surface area (Å²) in [5.41, 5.74) is 3.52. The molecule has 0 radical (unpaired) electrons. The standard InChI is InChI=1S/C35H24O2/c1-37-32-19-18-22-10-2-6-14-26(22)33(32)34-27-15-7-4-12-24(27)21-31(35(34)36)30-20-23-11-3-5-13-25(23)28-16-8-9-17-29(28)30/h2-21,36H,1H3. The largest absolute Gasteiger partial charge is 0.507 e. The summed E-state index contributed by atoms with van der Waals surface area (Å²) in [6.07, 6.45) is 0. The van der Waals surface area contributed by atoms with Gasteiger partial charge in [-0.15, -0.1) is 0 Å². The lowest BCUT2D eigenvalue weighted by atomic mass is 9.86. The zero-order chi connectivity index (χ0) is 24.9. The van der Waals surface area contributed by atoms with Gasteiger partial charge in [0.15, 0.2) is 0 Å². The lowest BCUT2D eigenvalue weighted by molar-refractivity contribution is 0.416. The topological polar surface area (TPSA) is 29.5 Å². The molecule has 0 aromatic heterocycles. The number of fused-ring (bicyclic) bond motifs is 5. The van der Waals surface area contributed by atoms with Crippen LogP contribution in [-0.2, 0) is 0 Å². The number of ether oxygens (including phenoxy) is 1. The van der Waals surface area contributed by atoms with Crippen molar-refractivity contribution in [2.45, 2.75) is 0 Å². The van der Waals surface area contributed by atoms with Gasteiger partial charge >= 0.3 is 0 Å². The number of benzene rings is 7. The Labute approximate surface area is 215 Å². The number of rotatable bonds is 3. The van der Waals surface area contributed by atoms with Crippen LogP contribution in [0.2, 0.25) is 0 Å². The maximum Gasteiger partial charge on any atom is 0.132 e. The summed E-state index contributed by atoms with van der Waals surface area (Å²) in [5, 5.41) is 21.0. The zero-order valence-corrected chi connectivity index (χ0v) is 20.4.